The van der Waals surface area contributed by atoms with Crippen LogP contribution in [0.3, 0.4) is 0 Å². The Morgan fingerprint density at radius 2 is 1.85 bits per heavy atom. The minimum atomic E-state index is 0.300. The van der Waals surface area contributed by atoms with Gasteiger partial charge in [0.1, 0.15) is 0 Å². The third-order valence-corrected chi connectivity index (χ3v) is 5.48. The summed E-state index contributed by atoms with van der Waals surface area (Å²) in [7, 11) is 0. The van der Waals surface area contributed by atoms with Gasteiger partial charge in [-0.3, -0.25) is 4.99 Å². The standard InChI is InChI=1S/C24H26N2/c1-18-17-25-14-13-21-12-11-20(15-19-7-3-2-4-8-19)16-24(21)26-23-10-6-5-9-22(18)23/h2-10,13-14,17-18,20,26H,11-12,15-16H2,1H3/b14-13-,25-17?. The van der Waals surface area contributed by atoms with Gasteiger partial charge in [-0.1, -0.05) is 55.5 Å². The lowest BCUT2D eigenvalue weighted by Gasteiger charge is -2.28. The second-order valence-electron chi connectivity index (χ2n) is 7.42. The lowest BCUT2D eigenvalue weighted by Crippen LogP contribution is -2.18. The van der Waals surface area contributed by atoms with Gasteiger partial charge in [0.25, 0.3) is 0 Å². The highest BCUT2D eigenvalue weighted by Gasteiger charge is 2.22. The monoisotopic (exact) mass is 342 g/mol. The summed E-state index contributed by atoms with van der Waals surface area (Å²) in [6.07, 6.45) is 10.8. The average Bonchev–Trinajstić information content (AvgIpc) is 2.67. The van der Waals surface area contributed by atoms with Crippen molar-refractivity contribution in [2.75, 3.05) is 5.32 Å². The molecule has 2 unspecified atom stereocenters. The smallest absolute Gasteiger partial charge is 0.0420 e. The summed E-state index contributed by atoms with van der Waals surface area (Å²) in [5, 5.41) is 3.78. The van der Waals surface area contributed by atoms with E-state index in [0.717, 1.165) is 19.3 Å². The van der Waals surface area contributed by atoms with E-state index in [1.807, 2.05) is 12.4 Å². The number of benzene rings is 2. The van der Waals surface area contributed by atoms with E-state index in [9.17, 15) is 0 Å². The Balaban J connectivity index is 1.61. The molecule has 1 heterocycles. The summed E-state index contributed by atoms with van der Waals surface area (Å²) >= 11 is 0. The number of hydrogen-bond donors (Lipinski definition) is 1. The van der Waals surface area contributed by atoms with E-state index in [0.29, 0.717) is 11.8 Å². The van der Waals surface area contributed by atoms with Crippen LogP contribution in [0.1, 0.15) is 43.2 Å². The second kappa shape index (κ2) is 7.74. The van der Waals surface area contributed by atoms with Crippen LogP contribution < -0.4 is 5.32 Å². The van der Waals surface area contributed by atoms with E-state index in [-0.39, 0.29) is 0 Å². The fraction of sp³-hybridized carbons (Fsp3) is 0.292. The molecule has 0 radical (unpaired) electrons. The number of rotatable bonds is 2. The third-order valence-electron chi connectivity index (χ3n) is 5.48. The zero-order valence-electron chi connectivity index (χ0n) is 15.4. The van der Waals surface area contributed by atoms with E-state index in [4.69, 9.17) is 0 Å². The van der Waals surface area contributed by atoms with Gasteiger partial charge in [0.2, 0.25) is 0 Å². The lowest BCUT2D eigenvalue weighted by molar-refractivity contribution is 0.457. The topological polar surface area (TPSA) is 24.4 Å². The van der Waals surface area contributed by atoms with Crippen LogP contribution in [0.4, 0.5) is 5.69 Å². The van der Waals surface area contributed by atoms with Gasteiger partial charge in [0.05, 0.1) is 0 Å². The van der Waals surface area contributed by atoms with Gasteiger partial charge in [0, 0.05) is 29.7 Å². The van der Waals surface area contributed by atoms with E-state index >= 15 is 0 Å². The number of allylic oxidation sites excluding steroid dienone is 3. The molecule has 2 nitrogen and oxygen atoms in total. The number of anilines is 1. The highest BCUT2D eigenvalue weighted by molar-refractivity contribution is 5.73. The maximum absolute atomic E-state index is 4.52. The lowest BCUT2D eigenvalue weighted by atomic mass is 9.83. The number of para-hydroxylation sites is 1. The largest absolute Gasteiger partial charge is 0.358 e. The van der Waals surface area contributed by atoms with E-state index < -0.39 is 0 Å². The Morgan fingerprint density at radius 3 is 2.73 bits per heavy atom. The SMILES string of the molecule is CC1C=N/C=C\C2=C(CC(Cc3ccccc3)CC2)Nc2ccccc21. The quantitative estimate of drug-likeness (QED) is 0.701. The molecule has 2 aromatic carbocycles. The van der Waals surface area contributed by atoms with Crippen LogP contribution in [0.5, 0.6) is 0 Å². The zero-order chi connectivity index (χ0) is 17.8. The van der Waals surface area contributed by atoms with Crippen molar-refractivity contribution in [3.05, 3.63) is 89.3 Å². The summed E-state index contributed by atoms with van der Waals surface area (Å²) in [4.78, 5) is 4.52. The highest BCUT2D eigenvalue weighted by Crippen LogP contribution is 2.35. The first-order valence-corrected chi connectivity index (χ1v) is 9.61. The van der Waals surface area contributed by atoms with Crippen LogP contribution in [-0.2, 0) is 6.42 Å². The Labute approximate surface area is 156 Å². The molecule has 0 aromatic heterocycles. The molecule has 2 aromatic rings. The Bertz CT molecular complexity index is 846. The van der Waals surface area contributed by atoms with Crippen molar-refractivity contribution in [1.82, 2.24) is 0 Å². The van der Waals surface area contributed by atoms with E-state index in [1.165, 1.54) is 34.5 Å². The highest BCUT2D eigenvalue weighted by atomic mass is 14.9. The molecule has 2 aliphatic rings. The fourth-order valence-corrected chi connectivity index (χ4v) is 4.03. The summed E-state index contributed by atoms with van der Waals surface area (Å²) in [5.41, 5.74) is 6.73. The van der Waals surface area contributed by atoms with E-state index in [1.54, 1.807) is 0 Å². The Morgan fingerprint density at radius 1 is 1.04 bits per heavy atom. The molecule has 1 N–H and O–H groups in total. The van der Waals surface area contributed by atoms with Crippen LogP contribution >= 0.6 is 0 Å². The summed E-state index contributed by atoms with van der Waals surface area (Å²) in [6, 6.07) is 19.5. The summed E-state index contributed by atoms with van der Waals surface area (Å²) in [6.45, 7) is 2.20. The molecule has 132 valence electrons. The van der Waals surface area contributed by atoms with Gasteiger partial charge in [-0.25, -0.2) is 0 Å². The Hall–Kier alpha value is -2.61. The molecule has 2 atom stereocenters. The molecule has 4 rings (SSSR count). The predicted molar refractivity (Wildman–Crippen MR) is 111 cm³/mol. The van der Waals surface area contributed by atoms with Crippen LogP contribution in [0.25, 0.3) is 0 Å². The van der Waals surface area contributed by atoms with Gasteiger partial charge < -0.3 is 5.32 Å². The van der Waals surface area contributed by atoms with Crippen LogP contribution in [0.2, 0.25) is 0 Å². The molecular formula is C24H26N2. The van der Waals surface area contributed by atoms with Crippen molar-refractivity contribution in [2.24, 2.45) is 10.9 Å². The maximum atomic E-state index is 4.52. The minimum absolute atomic E-state index is 0.300. The zero-order valence-corrected chi connectivity index (χ0v) is 15.4. The molecular weight excluding hydrogens is 316 g/mol. The van der Waals surface area contributed by atoms with Crippen LogP contribution in [0.15, 0.2) is 83.1 Å². The van der Waals surface area contributed by atoms with Gasteiger partial charge in [-0.05, 0) is 60.4 Å². The average molecular weight is 342 g/mol. The first-order chi connectivity index (χ1) is 12.8. The number of hydrogen-bond acceptors (Lipinski definition) is 2. The molecule has 0 saturated heterocycles. The molecule has 26 heavy (non-hydrogen) atoms. The molecule has 0 saturated carbocycles. The minimum Gasteiger partial charge on any atom is -0.358 e. The van der Waals surface area contributed by atoms with Crippen LogP contribution in [-0.4, -0.2) is 6.21 Å². The number of fused-ring (bicyclic) bond motifs is 1. The first-order valence-electron chi connectivity index (χ1n) is 9.61. The van der Waals surface area contributed by atoms with Crippen molar-refractivity contribution in [1.29, 1.82) is 0 Å². The Kier molecular flexibility index (Phi) is 5.01. The molecule has 2 heteroatoms. The number of nitrogens with one attached hydrogen (secondary N) is 1. The van der Waals surface area contributed by atoms with Crippen molar-refractivity contribution < 1.29 is 0 Å². The summed E-state index contributed by atoms with van der Waals surface area (Å²) in [5.74, 6) is 0.988. The third kappa shape index (κ3) is 3.80. The van der Waals surface area contributed by atoms with Crippen molar-refractivity contribution in [3.63, 3.8) is 0 Å². The normalized spacial score (nSPS) is 23.6. The first kappa shape index (κ1) is 16.8. The molecule has 0 amide bonds. The maximum Gasteiger partial charge on any atom is 0.0420 e. The van der Waals surface area contributed by atoms with Crippen molar-refractivity contribution in [3.8, 4) is 0 Å². The molecule has 1 aliphatic carbocycles. The van der Waals surface area contributed by atoms with Gasteiger partial charge in [0.15, 0.2) is 0 Å². The number of nitrogens with zero attached hydrogens (tertiary/aromatic N) is 1. The second-order valence-corrected chi connectivity index (χ2v) is 7.42. The molecule has 0 spiro atoms. The van der Waals surface area contributed by atoms with Gasteiger partial charge in [-0.15, -0.1) is 0 Å². The fourth-order valence-electron chi connectivity index (χ4n) is 4.03. The molecule has 1 aliphatic heterocycles. The van der Waals surface area contributed by atoms with Crippen LogP contribution in [0, 0.1) is 5.92 Å². The number of aliphatic imine (C=N–C) groups is 1. The van der Waals surface area contributed by atoms with Crippen molar-refractivity contribution in [2.45, 2.75) is 38.5 Å². The predicted octanol–water partition coefficient (Wildman–Crippen LogP) is 6.10. The summed E-state index contributed by atoms with van der Waals surface area (Å²) < 4.78 is 0. The van der Waals surface area contributed by atoms with Crippen molar-refractivity contribution >= 4 is 11.9 Å². The van der Waals surface area contributed by atoms with Gasteiger partial charge in [-0.2, -0.15) is 0 Å². The molecule has 0 bridgehead atoms. The molecule has 0 fully saturated rings. The van der Waals surface area contributed by atoms with Gasteiger partial charge >= 0.3 is 0 Å². The van der Waals surface area contributed by atoms with E-state index in [2.05, 4.69) is 77.9 Å².